The highest BCUT2D eigenvalue weighted by atomic mass is 32.2. The van der Waals surface area contributed by atoms with Crippen molar-refractivity contribution in [1.29, 1.82) is 0 Å². The third kappa shape index (κ3) is 5.87. The van der Waals surface area contributed by atoms with E-state index in [1.807, 2.05) is 0 Å². The number of hydrogen-bond donors (Lipinski definition) is 1. The lowest BCUT2D eigenvalue weighted by Gasteiger charge is -2.29. The van der Waals surface area contributed by atoms with Gasteiger partial charge in [0.15, 0.2) is 0 Å². The molecular weight excluding hydrogens is 234 g/mol. The maximum atomic E-state index is 11.5. The van der Waals surface area contributed by atoms with Crippen LogP contribution in [0.1, 0.15) is 52.9 Å². The van der Waals surface area contributed by atoms with Crippen LogP contribution in [-0.2, 0) is 9.84 Å². The van der Waals surface area contributed by atoms with Crippen molar-refractivity contribution in [1.82, 2.24) is 5.32 Å². The summed E-state index contributed by atoms with van der Waals surface area (Å²) in [4.78, 5) is 0. The second kappa shape index (κ2) is 5.70. The molecule has 1 rings (SSSR count). The van der Waals surface area contributed by atoms with Gasteiger partial charge in [0.1, 0.15) is 9.84 Å². The summed E-state index contributed by atoms with van der Waals surface area (Å²) in [6, 6.07) is 0. The van der Waals surface area contributed by atoms with Gasteiger partial charge in [0, 0.05) is 11.8 Å². The van der Waals surface area contributed by atoms with E-state index in [2.05, 4.69) is 26.1 Å². The van der Waals surface area contributed by atoms with Crippen LogP contribution in [0.4, 0.5) is 0 Å². The Labute approximate surface area is 106 Å². The van der Waals surface area contributed by atoms with Crippen LogP contribution in [0, 0.1) is 5.92 Å². The fourth-order valence-electron chi connectivity index (χ4n) is 2.54. The largest absolute Gasteiger partial charge is 0.312 e. The smallest absolute Gasteiger partial charge is 0.150 e. The summed E-state index contributed by atoms with van der Waals surface area (Å²) in [6.45, 7) is 7.47. The maximum Gasteiger partial charge on any atom is 0.150 e. The molecule has 1 aliphatic carbocycles. The van der Waals surface area contributed by atoms with Crippen molar-refractivity contribution >= 4 is 9.84 Å². The fraction of sp³-hybridized carbons (Fsp3) is 1.00. The Hall–Kier alpha value is -0.0900. The van der Waals surface area contributed by atoms with E-state index in [9.17, 15) is 8.42 Å². The highest BCUT2D eigenvalue weighted by Crippen LogP contribution is 2.30. The van der Waals surface area contributed by atoms with Crippen molar-refractivity contribution in [3.05, 3.63) is 0 Å². The van der Waals surface area contributed by atoms with E-state index in [1.54, 1.807) is 0 Å². The number of hydrogen-bond acceptors (Lipinski definition) is 3. The zero-order valence-electron chi connectivity index (χ0n) is 11.6. The quantitative estimate of drug-likeness (QED) is 0.845. The number of sulfone groups is 1. The molecular formula is C13H27NO2S. The minimum Gasteiger partial charge on any atom is -0.312 e. The lowest BCUT2D eigenvalue weighted by molar-refractivity contribution is 0.316. The second-order valence-electron chi connectivity index (χ2n) is 6.45. The summed E-state index contributed by atoms with van der Waals surface area (Å²) in [5.41, 5.74) is 0.158. The molecule has 0 amide bonds. The summed E-state index contributed by atoms with van der Waals surface area (Å²) in [6.07, 6.45) is 6.47. The molecule has 0 aliphatic heterocycles. The number of rotatable bonds is 4. The minimum atomic E-state index is -2.83. The van der Waals surface area contributed by atoms with E-state index in [0.29, 0.717) is 5.92 Å². The monoisotopic (exact) mass is 261 g/mol. The van der Waals surface area contributed by atoms with Gasteiger partial charge >= 0.3 is 0 Å². The van der Waals surface area contributed by atoms with Crippen LogP contribution in [0.25, 0.3) is 0 Å². The normalized spacial score (nSPS) is 27.1. The summed E-state index contributed by atoms with van der Waals surface area (Å²) >= 11 is 0. The summed E-state index contributed by atoms with van der Waals surface area (Å²) in [5.74, 6) is 0.582. The van der Waals surface area contributed by atoms with Crippen molar-refractivity contribution in [2.24, 2.45) is 5.92 Å². The molecule has 0 saturated heterocycles. The minimum absolute atomic E-state index is 0.0871. The molecule has 2 atom stereocenters. The van der Waals surface area contributed by atoms with Gasteiger partial charge in [-0.15, -0.1) is 0 Å². The van der Waals surface area contributed by atoms with E-state index < -0.39 is 9.84 Å². The molecule has 0 radical (unpaired) electrons. The van der Waals surface area contributed by atoms with Crippen molar-refractivity contribution < 1.29 is 8.42 Å². The topological polar surface area (TPSA) is 46.2 Å². The molecule has 1 fully saturated rings. The van der Waals surface area contributed by atoms with Gasteiger partial charge in [-0.3, -0.25) is 0 Å². The Kier molecular flexibility index (Phi) is 5.02. The van der Waals surface area contributed by atoms with Gasteiger partial charge in [-0.1, -0.05) is 12.8 Å². The van der Waals surface area contributed by atoms with Crippen molar-refractivity contribution in [3.8, 4) is 0 Å². The van der Waals surface area contributed by atoms with Crippen molar-refractivity contribution in [2.45, 2.75) is 63.7 Å². The SMILES string of the molecule is CC(C)(C)NCCC1CCCC(S(C)(=O)=O)C1. The second-order valence-corrected chi connectivity index (χ2v) is 8.78. The standard InChI is InChI=1S/C13H27NO2S/c1-13(2,3)14-9-8-11-6-5-7-12(10-11)17(4,15)16/h11-12,14H,5-10H2,1-4H3. The first-order chi connectivity index (χ1) is 7.68. The maximum absolute atomic E-state index is 11.5. The average molecular weight is 261 g/mol. The molecule has 102 valence electrons. The Balaban J connectivity index is 2.36. The number of nitrogens with one attached hydrogen (secondary N) is 1. The van der Waals surface area contributed by atoms with Gasteiger partial charge < -0.3 is 5.32 Å². The Bertz CT molecular complexity index is 330. The molecule has 0 bridgehead atoms. The predicted molar refractivity (Wildman–Crippen MR) is 73.0 cm³/mol. The Morgan fingerprint density at radius 2 is 1.88 bits per heavy atom. The fourth-order valence-corrected chi connectivity index (χ4v) is 3.76. The summed E-state index contributed by atoms with van der Waals surface area (Å²) < 4.78 is 23.1. The van der Waals surface area contributed by atoms with Gasteiger partial charge in [-0.25, -0.2) is 8.42 Å². The molecule has 1 aliphatic rings. The van der Waals surface area contributed by atoms with Gasteiger partial charge in [-0.05, 0) is 52.5 Å². The third-order valence-corrected chi connectivity index (χ3v) is 5.19. The van der Waals surface area contributed by atoms with Crippen molar-refractivity contribution in [2.75, 3.05) is 12.8 Å². The van der Waals surface area contributed by atoms with Crippen LogP contribution in [-0.4, -0.2) is 32.0 Å². The molecule has 0 spiro atoms. The van der Waals surface area contributed by atoms with Gasteiger partial charge in [0.25, 0.3) is 0 Å². The first-order valence-corrected chi connectivity index (χ1v) is 8.58. The lowest BCUT2D eigenvalue weighted by atomic mass is 9.86. The highest BCUT2D eigenvalue weighted by molar-refractivity contribution is 7.91. The molecule has 17 heavy (non-hydrogen) atoms. The van der Waals surface area contributed by atoms with E-state index in [-0.39, 0.29) is 10.8 Å². The molecule has 0 aromatic rings. The van der Waals surface area contributed by atoms with Crippen LogP contribution in [0.5, 0.6) is 0 Å². The summed E-state index contributed by atoms with van der Waals surface area (Å²) in [5, 5.41) is 3.39. The van der Waals surface area contributed by atoms with Gasteiger partial charge in [-0.2, -0.15) is 0 Å². The average Bonchev–Trinajstić information content (AvgIpc) is 2.15. The van der Waals surface area contributed by atoms with E-state index in [1.165, 1.54) is 12.7 Å². The van der Waals surface area contributed by atoms with Crippen LogP contribution in [0.2, 0.25) is 0 Å². The first-order valence-electron chi connectivity index (χ1n) is 6.62. The zero-order valence-corrected chi connectivity index (χ0v) is 12.4. The van der Waals surface area contributed by atoms with E-state index in [0.717, 1.165) is 32.2 Å². The molecule has 3 nitrogen and oxygen atoms in total. The van der Waals surface area contributed by atoms with Crippen LogP contribution in [0.3, 0.4) is 0 Å². The van der Waals surface area contributed by atoms with Crippen LogP contribution < -0.4 is 5.32 Å². The zero-order chi connectivity index (χ0) is 13.1. The Morgan fingerprint density at radius 3 is 2.41 bits per heavy atom. The molecule has 0 heterocycles. The van der Waals surface area contributed by atoms with Crippen LogP contribution in [0.15, 0.2) is 0 Å². The molecule has 0 aromatic heterocycles. The highest BCUT2D eigenvalue weighted by Gasteiger charge is 2.28. The molecule has 1 saturated carbocycles. The van der Waals surface area contributed by atoms with Gasteiger partial charge in [0.2, 0.25) is 0 Å². The van der Waals surface area contributed by atoms with Crippen LogP contribution >= 0.6 is 0 Å². The molecule has 1 N–H and O–H groups in total. The summed E-state index contributed by atoms with van der Waals surface area (Å²) in [7, 11) is -2.83. The molecule has 4 heteroatoms. The van der Waals surface area contributed by atoms with E-state index in [4.69, 9.17) is 0 Å². The first kappa shape index (κ1) is 15.0. The van der Waals surface area contributed by atoms with Crippen molar-refractivity contribution in [3.63, 3.8) is 0 Å². The lowest BCUT2D eigenvalue weighted by Crippen LogP contribution is -2.37. The molecule has 0 aromatic carbocycles. The Morgan fingerprint density at radius 1 is 1.24 bits per heavy atom. The predicted octanol–water partition coefficient (Wildman–Crippen LogP) is 2.37. The van der Waals surface area contributed by atoms with E-state index >= 15 is 0 Å². The third-order valence-electron chi connectivity index (χ3n) is 3.55. The molecule has 2 unspecified atom stereocenters. The van der Waals surface area contributed by atoms with Gasteiger partial charge in [0.05, 0.1) is 5.25 Å².